The van der Waals surface area contributed by atoms with Crippen molar-refractivity contribution in [3.8, 4) is 0 Å². The predicted molar refractivity (Wildman–Crippen MR) is 75.2 cm³/mol. The average Bonchev–Trinajstić information content (AvgIpc) is 2.86. The Hall–Kier alpha value is -1.56. The molecule has 2 amide bonds. The SMILES string of the molecule is CCCC(CNC(=O)N(C)Cc1ccsc1)C(=O)O. The second-order valence-corrected chi connectivity index (χ2v) is 5.28. The summed E-state index contributed by atoms with van der Waals surface area (Å²) in [7, 11) is 1.70. The van der Waals surface area contributed by atoms with Gasteiger partial charge in [0.15, 0.2) is 0 Å². The molecule has 0 saturated heterocycles. The summed E-state index contributed by atoms with van der Waals surface area (Å²) in [6.07, 6.45) is 1.36. The van der Waals surface area contributed by atoms with Crippen molar-refractivity contribution in [1.29, 1.82) is 0 Å². The molecule has 1 heterocycles. The van der Waals surface area contributed by atoms with Crippen LogP contribution >= 0.6 is 11.3 Å². The molecule has 1 rings (SSSR count). The number of carbonyl (C=O) groups excluding carboxylic acids is 1. The molecule has 0 bridgehead atoms. The topological polar surface area (TPSA) is 69.6 Å². The zero-order valence-electron chi connectivity index (χ0n) is 11.3. The highest BCUT2D eigenvalue weighted by Crippen LogP contribution is 2.09. The van der Waals surface area contributed by atoms with E-state index < -0.39 is 11.9 Å². The smallest absolute Gasteiger partial charge is 0.317 e. The van der Waals surface area contributed by atoms with Crippen molar-refractivity contribution in [2.24, 2.45) is 5.92 Å². The molecule has 1 unspecified atom stereocenters. The zero-order chi connectivity index (χ0) is 14.3. The summed E-state index contributed by atoms with van der Waals surface area (Å²) < 4.78 is 0. The van der Waals surface area contributed by atoms with Crippen LogP contribution in [0.25, 0.3) is 0 Å². The quantitative estimate of drug-likeness (QED) is 0.807. The van der Waals surface area contributed by atoms with Crippen molar-refractivity contribution in [3.63, 3.8) is 0 Å². The molecule has 0 aromatic carbocycles. The van der Waals surface area contributed by atoms with Gasteiger partial charge in [-0.05, 0) is 28.8 Å². The van der Waals surface area contributed by atoms with Gasteiger partial charge in [0.2, 0.25) is 0 Å². The highest BCUT2D eigenvalue weighted by molar-refractivity contribution is 7.07. The number of carboxylic acids is 1. The highest BCUT2D eigenvalue weighted by Gasteiger charge is 2.18. The second-order valence-electron chi connectivity index (χ2n) is 4.50. The minimum atomic E-state index is -0.859. The van der Waals surface area contributed by atoms with Crippen LogP contribution in [0, 0.1) is 5.92 Å². The third kappa shape index (κ3) is 5.30. The summed E-state index contributed by atoms with van der Waals surface area (Å²) in [5, 5.41) is 15.6. The van der Waals surface area contributed by atoms with Crippen molar-refractivity contribution in [1.82, 2.24) is 10.2 Å². The second kappa shape index (κ2) is 7.78. The molecule has 1 atom stereocenters. The largest absolute Gasteiger partial charge is 0.481 e. The van der Waals surface area contributed by atoms with E-state index in [1.165, 1.54) is 0 Å². The van der Waals surface area contributed by atoms with Gasteiger partial charge >= 0.3 is 12.0 Å². The lowest BCUT2D eigenvalue weighted by Crippen LogP contribution is -2.40. The van der Waals surface area contributed by atoms with Crippen LogP contribution in [0.15, 0.2) is 16.8 Å². The van der Waals surface area contributed by atoms with Crippen LogP contribution in [0.5, 0.6) is 0 Å². The average molecular weight is 284 g/mol. The van der Waals surface area contributed by atoms with Crippen molar-refractivity contribution in [2.75, 3.05) is 13.6 Å². The zero-order valence-corrected chi connectivity index (χ0v) is 12.1. The number of amides is 2. The Morgan fingerprint density at radius 3 is 2.79 bits per heavy atom. The Morgan fingerprint density at radius 2 is 2.26 bits per heavy atom. The van der Waals surface area contributed by atoms with Gasteiger partial charge in [-0.2, -0.15) is 11.3 Å². The highest BCUT2D eigenvalue weighted by atomic mass is 32.1. The molecule has 0 fully saturated rings. The minimum Gasteiger partial charge on any atom is -0.481 e. The van der Waals surface area contributed by atoms with E-state index in [0.717, 1.165) is 12.0 Å². The maximum atomic E-state index is 11.8. The van der Waals surface area contributed by atoms with E-state index in [1.54, 1.807) is 23.3 Å². The molecule has 1 aromatic rings. The van der Waals surface area contributed by atoms with Crippen LogP contribution < -0.4 is 5.32 Å². The van der Waals surface area contributed by atoms with Gasteiger partial charge in [0.1, 0.15) is 0 Å². The summed E-state index contributed by atoms with van der Waals surface area (Å²) in [6, 6.07) is 1.72. The number of rotatable bonds is 7. The third-order valence-electron chi connectivity index (χ3n) is 2.83. The molecule has 0 spiro atoms. The molecule has 2 N–H and O–H groups in total. The van der Waals surface area contributed by atoms with Crippen LogP contribution in [0.1, 0.15) is 25.3 Å². The number of thiophene rings is 1. The maximum absolute atomic E-state index is 11.8. The number of nitrogens with one attached hydrogen (secondary N) is 1. The molecule has 19 heavy (non-hydrogen) atoms. The van der Waals surface area contributed by atoms with Crippen molar-refractivity contribution in [2.45, 2.75) is 26.3 Å². The van der Waals surface area contributed by atoms with Gasteiger partial charge < -0.3 is 15.3 Å². The van der Waals surface area contributed by atoms with E-state index in [-0.39, 0.29) is 12.6 Å². The van der Waals surface area contributed by atoms with Crippen LogP contribution in [0.3, 0.4) is 0 Å². The number of urea groups is 1. The summed E-state index contributed by atoms with van der Waals surface area (Å²) >= 11 is 1.59. The normalized spacial score (nSPS) is 11.9. The Balaban J connectivity index is 2.39. The first-order valence-electron chi connectivity index (χ1n) is 6.27. The van der Waals surface area contributed by atoms with E-state index in [2.05, 4.69) is 5.32 Å². The van der Waals surface area contributed by atoms with Crippen LogP contribution in [0.4, 0.5) is 4.79 Å². The Morgan fingerprint density at radius 1 is 1.53 bits per heavy atom. The van der Waals surface area contributed by atoms with Crippen molar-refractivity contribution < 1.29 is 14.7 Å². The Labute approximate surface area is 117 Å². The van der Waals surface area contributed by atoms with Gasteiger partial charge in [-0.1, -0.05) is 13.3 Å². The lowest BCUT2D eigenvalue weighted by molar-refractivity contribution is -0.141. The van der Waals surface area contributed by atoms with E-state index in [4.69, 9.17) is 5.11 Å². The number of nitrogens with zero attached hydrogens (tertiary/aromatic N) is 1. The van der Waals surface area contributed by atoms with E-state index >= 15 is 0 Å². The maximum Gasteiger partial charge on any atom is 0.317 e. The van der Waals surface area contributed by atoms with Gasteiger partial charge in [0.05, 0.1) is 5.92 Å². The molecule has 0 aliphatic rings. The Kier molecular flexibility index (Phi) is 6.35. The van der Waals surface area contributed by atoms with Crippen molar-refractivity contribution >= 4 is 23.3 Å². The van der Waals surface area contributed by atoms with Gasteiger partial charge in [-0.15, -0.1) is 0 Å². The molecule has 1 aromatic heterocycles. The first-order valence-corrected chi connectivity index (χ1v) is 7.21. The first kappa shape index (κ1) is 15.5. The fourth-order valence-corrected chi connectivity index (χ4v) is 2.39. The standard InChI is InChI=1S/C13H20N2O3S/c1-3-4-11(12(16)17)7-14-13(18)15(2)8-10-5-6-19-9-10/h5-6,9,11H,3-4,7-8H2,1-2H3,(H,14,18)(H,16,17). The molecule has 6 heteroatoms. The molecule has 106 valence electrons. The molecule has 0 aliphatic heterocycles. The van der Waals surface area contributed by atoms with E-state index in [9.17, 15) is 9.59 Å². The summed E-state index contributed by atoms with van der Waals surface area (Å²) in [5.74, 6) is -1.37. The van der Waals surface area contributed by atoms with Crippen LogP contribution in [-0.2, 0) is 11.3 Å². The fraction of sp³-hybridized carbons (Fsp3) is 0.538. The number of carbonyl (C=O) groups is 2. The summed E-state index contributed by atoms with van der Waals surface area (Å²) in [6.45, 7) is 2.64. The molecular weight excluding hydrogens is 264 g/mol. The summed E-state index contributed by atoms with van der Waals surface area (Å²) in [4.78, 5) is 24.3. The molecular formula is C13H20N2O3S. The number of hydrogen-bond acceptors (Lipinski definition) is 3. The summed E-state index contributed by atoms with van der Waals surface area (Å²) in [5.41, 5.74) is 1.07. The first-order chi connectivity index (χ1) is 9.04. The van der Waals surface area contributed by atoms with Gasteiger partial charge in [-0.3, -0.25) is 4.79 Å². The molecule has 0 saturated carbocycles. The van der Waals surface area contributed by atoms with E-state index in [1.807, 2.05) is 23.8 Å². The third-order valence-corrected chi connectivity index (χ3v) is 3.56. The fourth-order valence-electron chi connectivity index (χ4n) is 1.74. The number of hydrogen-bond donors (Lipinski definition) is 2. The van der Waals surface area contributed by atoms with E-state index in [0.29, 0.717) is 13.0 Å². The van der Waals surface area contributed by atoms with Gasteiger partial charge in [0, 0.05) is 20.1 Å². The number of carboxylic acid groups (broad SMARTS) is 1. The lowest BCUT2D eigenvalue weighted by atomic mass is 10.0. The van der Waals surface area contributed by atoms with Crippen LogP contribution in [0.2, 0.25) is 0 Å². The number of aliphatic carboxylic acids is 1. The molecule has 5 nitrogen and oxygen atoms in total. The van der Waals surface area contributed by atoms with Gasteiger partial charge in [-0.25, -0.2) is 4.79 Å². The predicted octanol–water partition coefficient (Wildman–Crippen LogP) is 2.39. The minimum absolute atomic E-state index is 0.177. The van der Waals surface area contributed by atoms with Crippen LogP contribution in [-0.4, -0.2) is 35.6 Å². The van der Waals surface area contributed by atoms with Gasteiger partial charge in [0.25, 0.3) is 0 Å². The molecule has 0 aliphatic carbocycles. The van der Waals surface area contributed by atoms with Crippen molar-refractivity contribution in [3.05, 3.63) is 22.4 Å². The Bertz CT molecular complexity index is 406. The monoisotopic (exact) mass is 284 g/mol. The molecule has 0 radical (unpaired) electrons. The lowest BCUT2D eigenvalue weighted by Gasteiger charge is -2.19.